The van der Waals surface area contributed by atoms with Crippen LogP contribution < -0.4 is 9.64 Å². The van der Waals surface area contributed by atoms with Gasteiger partial charge in [0, 0.05) is 38.8 Å². The van der Waals surface area contributed by atoms with Crippen molar-refractivity contribution in [3.63, 3.8) is 0 Å². The molecule has 1 aliphatic heterocycles. The van der Waals surface area contributed by atoms with Gasteiger partial charge in [-0.2, -0.15) is 0 Å². The van der Waals surface area contributed by atoms with E-state index in [2.05, 4.69) is 217 Å². The van der Waals surface area contributed by atoms with Crippen LogP contribution in [0, 0.1) is 0 Å². The zero-order valence-corrected chi connectivity index (χ0v) is 31.1. The summed E-state index contributed by atoms with van der Waals surface area (Å²) in [5, 5.41) is 7.01. The normalized spacial score (nSPS) is 13.2. The van der Waals surface area contributed by atoms with E-state index in [1.54, 1.807) is 0 Å². The van der Waals surface area contributed by atoms with Crippen LogP contribution in [0.15, 0.2) is 212 Å². The Morgan fingerprint density at radius 1 is 0.333 bits per heavy atom. The molecule has 12 rings (SSSR count). The lowest BCUT2D eigenvalue weighted by Crippen LogP contribution is -2.32. The lowest BCUT2D eigenvalue weighted by Gasteiger charge is -2.40. The minimum Gasteiger partial charge on any atom is -0.455 e. The molecule has 10 aromatic rings. The molecular formula is C55H35NO. The standard InChI is InChI=1S/C55H35NO/c1-2-18-41(19-3-1)56(42-30-26-36-14-4-5-17-39(36)34-42)52-25-13-11-20-43(52)40-27-31-47-46-23-10-12-24-48(46)55(51(47)35-40)49-32-28-37-15-6-8-21-44(37)53(49)57-54-45-22-9-7-16-38(45)29-33-50(54)55/h1-35H. The summed E-state index contributed by atoms with van der Waals surface area (Å²) in [5.74, 6) is 1.86. The summed E-state index contributed by atoms with van der Waals surface area (Å²) >= 11 is 0. The first kappa shape index (κ1) is 31.9. The van der Waals surface area contributed by atoms with Crippen molar-refractivity contribution in [2.24, 2.45) is 0 Å². The predicted molar refractivity (Wildman–Crippen MR) is 236 cm³/mol. The van der Waals surface area contributed by atoms with Gasteiger partial charge in [0.25, 0.3) is 0 Å². The predicted octanol–water partition coefficient (Wildman–Crippen LogP) is 14.8. The molecule has 2 nitrogen and oxygen atoms in total. The second kappa shape index (κ2) is 12.3. The van der Waals surface area contributed by atoms with Crippen LogP contribution in [0.5, 0.6) is 11.5 Å². The van der Waals surface area contributed by atoms with E-state index in [0.29, 0.717) is 0 Å². The number of anilines is 3. The molecule has 0 unspecified atom stereocenters. The lowest BCUT2D eigenvalue weighted by molar-refractivity contribution is 0.447. The molecule has 0 amide bonds. The Balaban J connectivity index is 1.15. The summed E-state index contributed by atoms with van der Waals surface area (Å²) in [7, 11) is 0. The molecule has 0 bridgehead atoms. The van der Waals surface area contributed by atoms with Gasteiger partial charge >= 0.3 is 0 Å². The van der Waals surface area contributed by atoms with Crippen LogP contribution in [0.3, 0.4) is 0 Å². The van der Waals surface area contributed by atoms with Gasteiger partial charge in [0.05, 0.1) is 11.1 Å². The van der Waals surface area contributed by atoms with Gasteiger partial charge in [0.1, 0.15) is 11.5 Å². The highest BCUT2D eigenvalue weighted by Gasteiger charge is 2.52. The van der Waals surface area contributed by atoms with Crippen LogP contribution >= 0.6 is 0 Å². The van der Waals surface area contributed by atoms with Crippen molar-refractivity contribution < 1.29 is 4.74 Å². The quantitative estimate of drug-likeness (QED) is 0.179. The number of hydrogen-bond acceptors (Lipinski definition) is 2. The zero-order valence-electron chi connectivity index (χ0n) is 31.1. The molecule has 57 heavy (non-hydrogen) atoms. The van der Waals surface area contributed by atoms with Crippen LogP contribution in [0.4, 0.5) is 17.1 Å². The van der Waals surface area contributed by atoms with Crippen molar-refractivity contribution in [2.75, 3.05) is 4.90 Å². The van der Waals surface area contributed by atoms with Gasteiger partial charge in [-0.25, -0.2) is 0 Å². The van der Waals surface area contributed by atoms with Crippen molar-refractivity contribution >= 4 is 49.4 Å². The maximum atomic E-state index is 7.21. The van der Waals surface area contributed by atoms with E-state index in [1.807, 2.05) is 0 Å². The maximum Gasteiger partial charge on any atom is 0.140 e. The average Bonchev–Trinajstić information content (AvgIpc) is 3.56. The van der Waals surface area contributed by atoms with Crippen molar-refractivity contribution in [2.45, 2.75) is 5.41 Å². The van der Waals surface area contributed by atoms with Crippen LogP contribution in [0.2, 0.25) is 0 Å². The molecular weight excluding hydrogens is 691 g/mol. The molecule has 10 aromatic carbocycles. The molecule has 0 fully saturated rings. The first-order chi connectivity index (χ1) is 28.3. The van der Waals surface area contributed by atoms with E-state index in [4.69, 9.17) is 4.74 Å². The number of ether oxygens (including phenoxy) is 1. The molecule has 0 saturated carbocycles. The van der Waals surface area contributed by atoms with E-state index >= 15 is 0 Å². The Labute approximate surface area is 331 Å². The molecule has 0 N–H and O–H groups in total. The molecule has 0 aromatic heterocycles. The van der Waals surface area contributed by atoms with E-state index in [-0.39, 0.29) is 0 Å². The number of hydrogen-bond donors (Lipinski definition) is 0. The molecule has 2 heteroatoms. The van der Waals surface area contributed by atoms with Gasteiger partial charge in [-0.05, 0) is 85.8 Å². The third kappa shape index (κ3) is 4.59. The van der Waals surface area contributed by atoms with Crippen molar-refractivity contribution in [3.05, 3.63) is 235 Å². The Morgan fingerprint density at radius 3 is 1.63 bits per heavy atom. The molecule has 2 aliphatic rings. The second-order valence-electron chi connectivity index (χ2n) is 15.2. The monoisotopic (exact) mass is 725 g/mol. The topological polar surface area (TPSA) is 12.5 Å². The minimum atomic E-state index is -0.620. The van der Waals surface area contributed by atoms with E-state index < -0.39 is 5.41 Å². The molecule has 1 aliphatic carbocycles. The van der Waals surface area contributed by atoms with E-state index in [0.717, 1.165) is 50.5 Å². The van der Waals surface area contributed by atoms with Crippen LogP contribution in [-0.2, 0) is 5.41 Å². The molecule has 0 atom stereocenters. The Bertz CT molecular complexity index is 3150. The maximum absolute atomic E-state index is 7.21. The Morgan fingerprint density at radius 2 is 0.895 bits per heavy atom. The number of benzene rings is 10. The van der Waals surface area contributed by atoms with Gasteiger partial charge in [0.15, 0.2) is 0 Å². The molecule has 1 spiro atoms. The number of para-hydroxylation sites is 2. The summed E-state index contributed by atoms with van der Waals surface area (Å²) in [6.07, 6.45) is 0. The Hall–Kier alpha value is -7.42. The summed E-state index contributed by atoms with van der Waals surface area (Å²) in [4.78, 5) is 2.40. The third-order valence-electron chi connectivity index (χ3n) is 12.3. The van der Waals surface area contributed by atoms with E-state index in [1.165, 1.54) is 54.9 Å². The number of fused-ring (bicyclic) bond motifs is 14. The number of rotatable bonds is 4. The third-order valence-corrected chi connectivity index (χ3v) is 12.3. The average molecular weight is 726 g/mol. The lowest BCUT2D eigenvalue weighted by atomic mass is 9.65. The molecule has 266 valence electrons. The smallest absolute Gasteiger partial charge is 0.140 e. The Kier molecular flexibility index (Phi) is 6.88. The minimum absolute atomic E-state index is 0.620. The van der Waals surface area contributed by atoms with Crippen molar-refractivity contribution in [1.82, 2.24) is 0 Å². The molecule has 1 heterocycles. The van der Waals surface area contributed by atoms with Gasteiger partial charge in [0.2, 0.25) is 0 Å². The zero-order chi connectivity index (χ0) is 37.5. The van der Waals surface area contributed by atoms with Crippen LogP contribution in [0.1, 0.15) is 22.3 Å². The second-order valence-corrected chi connectivity index (χ2v) is 15.2. The van der Waals surface area contributed by atoms with Gasteiger partial charge in [-0.1, -0.05) is 176 Å². The molecule has 0 radical (unpaired) electrons. The fourth-order valence-electron chi connectivity index (χ4n) is 9.80. The van der Waals surface area contributed by atoms with Crippen molar-refractivity contribution in [1.29, 1.82) is 0 Å². The van der Waals surface area contributed by atoms with Gasteiger partial charge < -0.3 is 9.64 Å². The summed E-state index contributed by atoms with van der Waals surface area (Å²) < 4.78 is 7.21. The number of nitrogens with zero attached hydrogens (tertiary/aromatic N) is 1. The summed E-state index contributed by atoms with van der Waals surface area (Å²) in [6, 6.07) is 77.5. The van der Waals surface area contributed by atoms with Crippen LogP contribution in [-0.4, -0.2) is 0 Å². The first-order valence-corrected chi connectivity index (χ1v) is 19.7. The highest BCUT2D eigenvalue weighted by molar-refractivity contribution is 6.01. The highest BCUT2D eigenvalue weighted by Crippen LogP contribution is 2.64. The summed E-state index contributed by atoms with van der Waals surface area (Å²) in [6.45, 7) is 0. The largest absolute Gasteiger partial charge is 0.455 e. The first-order valence-electron chi connectivity index (χ1n) is 19.7. The van der Waals surface area contributed by atoms with Crippen LogP contribution in [0.25, 0.3) is 54.6 Å². The van der Waals surface area contributed by atoms with E-state index in [9.17, 15) is 0 Å². The summed E-state index contributed by atoms with van der Waals surface area (Å²) in [5.41, 5.74) is 12.4. The van der Waals surface area contributed by atoms with Gasteiger partial charge in [-0.15, -0.1) is 0 Å². The fourth-order valence-corrected chi connectivity index (χ4v) is 9.80. The molecule has 0 saturated heterocycles. The van der Waals surface area contributed by atoms with Crippen molar-refractivity contribution in [3.8, 4) is 33.8 Å². The SMILES string of the molecule is c1ccc(N(c2ccc3ccccc3c2)c2ccccc2-c2ccc3c(c2)C2(c4ccccc4-3)c3ccc4ccccc4c3Oc3c2ccc2ccccc32)cc1. The van der Waals surface area contributed by atoms with Gasteiger partial charge in [-0.3, -0.25) is 0 Å². The highest BCUT2D eigenvalue weighted by atomic mass is 16.5. The fraction of sp³-hybridized carbons (Fsp3) is 0.0182.